The van der Waals surface area contributed by atoms with Gasteiger partial charge in [0.15, 0.2) is 0 Å². The molecule has 5 nitrogen and oxygen atoms in total. The first-order valence-electron chi connectivity index (χ1n) is 17.6. The minimum absolute atomic E-state index is 0.0292. The number of hydrogen-bond acceptors (Lipinski definition) is 5. The molecule has 0 aromatic carbocycles. The van der Waals surface area contributed by atoms with E-state index in [-0.39, 0.29) is 11.9 Å². The van der Waals surface area contributed by atoms with Crippen molar-refractivity contribution in [3.8, 4) is 0 Å². The number of esters is 2. The van der Waals surface area contributed by atoms with Crippen LogP contribution in [0.2, 0.25) is 0 Å². The van der Waals surface area contributed by atoms with Crippen molar-refractivity contribution in [3.05, 3.63) is 0 Å². The molecule has 0 unspecified atom stereocenters. The third-order valence-electron chi connectivity index (χ3n) is 9.97. The summed E-state index contributed by atoms with van der Waals surface area (Å²) in [6.45, 7) is 9.17. The lowest BCUT2D eigenvalue weighted by atomic mass is 9.49. The maximum Gasteiger partial charge on any atom is 0.306 e. The Morgan fingerprint density at radius 1 is 0.600 bits per heavy atom. The van der Waals surface area contributed by atoms with Gasteiger partial charge in [-0.3, -0.25) is 9.59 Å². The second-order valence-corrected chi connectivity index (χ2v) is 13.9. The number of carbonyl (C=O) groups is 2. The third-order valence-corrected chi connectivity index (χ3v) is 9.97. The number of unbranched alkanes of at least 4 members (excludes halogenated alkanes) is 10. The lowest BCUT2D eigenvalue weighted by molar-refractivity contribution is -0.152. The molecule has 4 aliphatic rings. The molecule has 0 aromatic heterocycles. The smallest absolute Gasteiger partial charge is 0.306 e. The number of nitrogens with zero attached hydrogens (tertiary/aromatic N) is 1. The molecule has 4 aliphatic carbocycles. The molecule has 0 radical (unpaired) electrons. The Kier molecular flexibility index (Phi) is 16.0. The summed E-state index contributed by atoms with van der Waals surface area (Å²) in [6, 6.07) is 0. The van der Waals surface area contributed by atoms with E-state index in [9.17, 15) is 9.59 Å². The predicted molar refractivity (Wildman–Crippen MR) is 164 cm³/mol. The molecule has 232 valence electrons. The lowest BCUT2D eigenvalue weighted by Gasteiger charge is -2.56. The summed E-state index contributed by atoms with van der Waals surface area (Å²) in [4.78, 5) is 26.8. The zero-order valence-electron chi connectivity index (χ0n) is 26.4. The molecule has 4 bridgehead atoms. The normalized spacial score (nSPS) is 25.0. The van der Waals surface area contributed by atoms with Crippen LogP contribution in [-0.2, 0) is 19.1 Å². The average molecular weight is 562 g/mol. The van der Waals surface area contributed by atoms with E-state index >= 15 is 0 Å². The standard InChI is InChI=1S/C35H63NO4/c1-3-5-18-36(20-15-11-8-9-13-17-33(37)39-21-4-2)19-14-10-6-7-12-16-22-40-34(38)29-35-26-30-23-31(27-35)25-32(24-30)28-35/h30-32H,3-29H2,1-2H3. The summed E-state index contributed by atoms with van der Waals surface area (Å²) in [7, 11) is 0. The zero-order chi connectivity index (χ0) is 28.5. The number of ether oxygens (including phenoxy) is 2. The Labute approximate surface area is 246 Å². The molecule has 4 fully saturated rings. The topological polar surface area (TPSA) is 55.8 Å². The van der Waals surface area contributed by atoms with Crippen molar-refractivity contribution >= 4 is 11.9 Å². The minimum atomic E-state index is -0.0292. The summed E-state index contributed by atoms with van der Waals surface area (Å²) in [5, 5.41) is 0. The second-order valence-electron chi connectivity index (χ2n) is 13.9. The van der Waals surface area contributed by atoms with Gasteiger partial charge in [0.25, 0.3) is 0 Å². The van der Waals surface area contributed by atoms with Crippen molar-refractivity contribution in [2.75, 3.05) is 32.8 Å². The van der Waals surface area contributed by atoms with Crippen LogP contribution in [0.4, 0.5) is 0 Å². The zero-order valence-corrected chi connectivity index (χ0v) is 26.4. The molecule has 0 spiro atoms. The van der Waals surface area contributed by atoms with Crippen LogP contribution in [0.3, 0.4) is 0 Å². The van der Waals surface area contributed by atoms with Gasteiger partial charge in [-0.15, -0.1) is 0 Å². The van der Waals surface area contributed by atoms with Gasteiger partial charge < -0.3 is 14.4 Å². The predicted octanol–water partition coefficient (Wildman–Crippen LogP) is 8.87. The molecule has 0 N–H and O–H groups in total. The molecular weight excluding hydrogens is 498 g/mol. The Balaban J connectivity index is 1.13. The van der Waals surface area contributed by atoms with E-state index in [0.29, 0.717) is 31.5 Å². The van der Waals surface area contributed by atoms with E-state index in [1.807, 2.05) is 6.92 Å². The van der Waals surface area contributed by atoms with Crippen molar-refractivity contribution in [3.63, 3.8) is 0 Å². The highest BCUT2D eigenvalue weighted by Crippen LogP contribution is 2.61. The van der Waals surface area contributed by atoms with Crippen LogP contribution < -0.4 is 0 Å². The van der Waals surface area contributed by atoms with Crippen molar-refractivity contribution in [1.82, 2.24) is 4.90 Å². The molecule has 4 saturated carbocycles. The molecule has 0 atom stereocenters. The molecule has 0 heterocycles. The molecule has 40 heavy (non-hydrogen) atoms. The largest absolute Gasteiger partial charge is 0.466 e. The summed E-state index contributed by atoms with van der Waals surface area (Å²) in [5.74, 6) is 2.77. The number of rotatable bonds is 24. The van der Waals surface area contributed by atoms with Gasteiger partial charge in [0.2, 0.25) is 0 Å². The first kappa shape index (κ1) is 33.4. The van der Waals surface area contributed by atoms with Gasteiger partial charge in [-0.05, 0) is 120 Å². The van der Waals surface area contributed by atoms with Crippen LogP contribution in [0.1, 0.15) is 155 Å². The van der Waals surface area contributed by atoms with E-state index in [2.05, 4.69) is 11.8 Å². The Morgan fingerprint density at radius 3 is 1.68 bits per heavy atom. The maximum atomic E-state index is 12.6. The summed E-state index contributed by atoms with van der Waals surface area (Å²) in [6.07, 6.45) is 26.1. The summed E-state index contributed by atoms with van der Waals surface area (Å²) < 4.78 is 10.9. The fraction of sp³-hybridized carbons (Fsp3) is 0.943. The molecule has 5 heteroatoms. The van der Waals surface area contributed by atoms with Gasteiger partial charge in [-0.25, -0.2) is 0 Å². The van der Waals surface area contributed by atoms with Crippen molar-refractivity contribution < 1.29 is 19.1 Å². The van der Waals surface area contributed by atoms with Crippen LogP contribution in [0.15, 0.2) is 0 Å². The molecule has 0 saturated heterocycles. The van der Waals surface area contributed by atoms with Crippen molar-refractivity contribution in [2.45, 2.75) is 155 Å². The first-order chi connectivity index (χ1) is 19.5. The Morgan fingerprint density at radius 2 is 1.10 bits per heavy atom. The van der Waals surface area contributed by atoms with Gasteiger partial charge in [-0.1, -0.05) is 65.2 Å². The van der Waals surface area contributed by atoms with Gasteiger partial charge >= 0.3 is 11.9 Å². The summed E-state index contributed by atoms with van der Waals surface area (Å²) >= 11 is 0. The van der Waals surface area contributed by atoms with Crippen molar-refractivity contribution in [1.29, 1.82) is 0 Å². The number of hydrogen-bond donors (Lipinski definition) is 0. The van der Waals surface area contributed by atoms with Gasteiger partial charge in [0.1, 0.15) is 0 Å². The van der Waals surface area contributed by atoms with Crippen LogP contribution in [0, 0.1) is 23.2 Å². The Bertz CT molecular complexity index is 672. The van der Waals surface area contributed by atoms with Crippen LogP contribution in [0.25, 0.3) is 0 Å². The highest BCUT2D eigenvalue weighted by Gasteiger charge is 2.51. The average Bonchev–Trinajstić information content (AvgIpc) is 2.91. The van der Waals surface area contributed by atoms with Gasteiger partial charge in [0, 0.05) is 6.42 Å². The molecular formula is C35H63NO4. The van der Waals surface area contributed by atoms with E-state index in [1.165, 1.54) is 122 Å². The minimum Gasteiger partial charge on any atom is -0.466 e. The molecule has 0 amide bonds. The molecule has 0 aliphatic heterocycles. The quantitative estimate of drug-likeness (QED) is 0.0870. The van der Waals surface area contributed by atoms with Gasteiger partial charge in [-0.2, -0.15) is 0 Å². The highest BCUT2D eigenvalue weighted by atomic mass is 16.5. The van der Waals surface area contributed by atoms with Crippen LogP contribution in [-0.4, -0.2) is 49.7 Å². The fourth-order valence-electron chi connectivity index (χ4n) is 8.33. The third kappa shape index (κ3) is 12.8. The lowest BCUT2D eigenvalue weighted by Crippen LogP contribution is -2.47. The summed E-state index contributed by atoms with van der Waals surface area (Å²) in [5.41, 5.74) is 0.307. The maximum absolute atomic E-state index is 12.6. The highest BCUT2D eigenvalue weighted by molar-refractivity contribution is 5.70. The van der Waals surface area contributed by atoms with Crippen LogP contribution in [0.5, 0.6) is 0 Å². The van der Waals surface area contributed by atoms with Gasteiger partial charge in [0.05, 0.1) is 19.6 Å². The van der Waals surface area contributed by atoms with E-state index < -0.39 is 0 Å². The van der Waals surface area contributed by atoms with Crippen LogP contribution >= 0.6 is 0 Å². The van der Waals surface area contributed by atoms with E-state index in [1.54, 1.807) is 0 Å². The monoisotopic (exact) mass is 561 g/mol. The second kappa shape index (κ2) is 19.2. The molecule has 0 aromatic rings. The number of carbonyl (C=O) groups excluding carboxylic acids is 2. The molecule has 4 rings (SSSR count). The van der Waals surface area contributed by atoms with E-state index in [0.717, 1.165) is 43.4 Å². The fourth-order valence-corrected chi connectivity index (χ4v) is 8.33. The first-order valence-corrected chi connectivity index (χ1v) is 17.6. The Hall–Kier alpha value is -1.10. The SMILES string of the molecule is CCCCN(CCCCCCCCOC(=O)CC12CC3CC(CC(C3)C1)C2)CCCCCCCC(=O)OCCC. The van der Waals surface area contributed by atoms with E-state index in [4.69, 9.17) is 9.47 Å². The van der Waals surface area contributed by atoms with Crippen molar-refractivity contribution in [2.24, 2.45) is 23.2 Å².